The maximum Gasteiger partial charge on any atom is 0.337 e. The number of ether oxygens (including phenoxy) is 1. The number of esters is 1. The fraction of sp³-hybridized carbons (Fsp3) is 0.346. The Kier molecular flexibility index (Phi) is 5.37. The fourth-order valence-corrected chi connectivity index (χ4v) is 5.14. The molecule has 1 aliphatic carbocycles. The molecular formula is C26H26FN3O2. The third-order valence-corrected chi connectivity index (χ3v) is 7.01. The lowest BCUT2D eigenvalue weighted by Crippen LogP contribution is -2.19. The van der Waals surface area contributed by atoms with Gasteiger partial charge in [0.15, 0.2) is 0 Å². The molecule has 0 aliphatic heterocycles. The average molecular weight is 432 g/mol. The third-order valence-electron chi connectivity index (χ3n) is 7.01. The molecule has 1 fully saturated rings. The Morgan fingerprint density at radius 1 is 1.09 bits per heavy atom. The van der Waals surface area contributed by atoms with Crippen molar-refractivity contribution in [2.24, 2.45) is 5.92 Å². The maximum atomic E-state index is 13.9. The van der Waals surface area contributed by atoms with E-state index in [1.54, 1.807) is 24.3 Å². The van der Waals surface area contributed by atoms with Gasteiger partial charge in [-0.3, -0.25) is 4.98 Å². The summed E-state index contributed by atoms with van der Waals surface area (Å²) in [6, 6.07) is 12.3. The van der Waals surface area contributed by atoms with Gasteiger partial charge in [0.05, 0.1) is 29.2 Å². The van der Waals surface area contributed by atoms with E-state index in [1.807, 2.05) is 18.3 Å². The van der Waals surface area contributed by atoms with Crippen LogP contribution in [0, 0.1) is 11.7 Å². The van der Waals surface area contributed by atoms with Crippen molar-refractivity contribution in [2.45, 2.75) is 44.4 Å². The van der Waals surface area contributed by atoms with E-state index in [4.69, 9.17) is 9.72 Å². The molecule has 1 N–H and O–H groups in total. The highest BCUT2D eigenvalue weighted by atomic mass is 19.1. The number of pyridine rings is 1. The molecule has 6 heteroatoms. The number of hydrogen-bond donors (Lipinski definition) is 1. The molecule has 0 spiro atoms. The minimum Gasteiger partial charge on any atom is -0.465 e. The number of carbonyl (C=O) groups excluding carboxylic acids is 1. The Morgan fingerprint density at radius 2 is 1.91 bits per heavy atom. The lowest BCUT2D eigenvalue weighted by Gasteiger charge is -2.32. The lowest BCUT2D eigenvalue weighted by atomic mass is 9.73. The molecule has 0 radical (unpaired) electrons. The van der Waals surface area contributed by atoms with Crippen LogP contribution in [-0.2, 0) is 4.74 Å². The van der Waals surface area contributed by atoms with Crippen molar-refractivity contribution < 1.29 is 13.9 Å². The summed E-state index contributed by atoms with van der Waals surface area (Å²) in [6.07, 6.45) is 6.15. The zero-order valence-electron chi connectivity index (χ0n) is 18.3. The molecule has 2 aromatic carbocycles. The van der Waals surface area contributed by atoms with Gasteiger partial charge in [-0.15, -0.1) is 0 Å². The van der Waals surface area contributed by atoms with Crippen molar-refractivity contribution in [1.29, 1.82) is 0 Å². The van der Waals surface area contributed by atoms with Gasteiger partial charge >= 0.3 is 5.97 Å². The summed E-state index contributed by atoms with van der Waals surface area (Å²) in [4.78, 5) is 24.4. The summed E-state index contributed by atoms with van der Waals surface area (Å²) in [5.41, 5.74) is 4.28. The largest absolute Gasteiger partial charge is 0.465 e. The summed E-state index contributed by atoms with van der Waals surface area (Å²) < 4.78 is 18.7. The van der Waals surface area contributed by atoms with Gasteiger partial charge in [0.25, 0.3) is 0 Å². The molecule has 0 bridgehead atoms. The van der Waals surface area contributed by atoms with Gasteiger partial charge in [-0.1, -0.05) is 6.92 Å². The van der Waals surface area contributed by atoms with E-state index >= 15 is 0 Å². The smallest absolute Gasteiger partial charge is 0.337 e. The van der Waals surface area contributed by atoms with E-state index in [0.29, 0.717) is 17.4 Å². The van der Waals surface area contributed by atoms with E-state index in [9.17, 15) is 9.18 Å². The van der Waals surface area contributed by atoms with Crippen LogP contribution >= 0.6 is 0 Å². The number of halogens is 1. The van der Waals surface area contributed by atoms with Crippen molar-refractivity contribution in [3.8, 4) is 0 Å². The van der Waals surface area contributed by atoms with E-state index in [0.717, 1.165) is 53.4 Å². The summed E-state index contributed by atoms with van der Waals surface area (Å²) in [5, 5.41) is 0.933. The van der Waals surface area contributed by atoms with Crippen LogP contribution in [0.5, 0.6) is 0 Å². The summed E-state index contributed by atoms with van der Waals surface area (Å²) >= 11 is 0. The molecule has 2 heterocycles. The molecule has 4 aromatic rings. The second-order valence-corrected chi connectivity index (χ2v) is 8.81. The second-order valence-electron chi connectivity index (χ2n) is 8.81. The number of aromatic nitrogens is 3. The molecule has 32 heavy (non-hydrogen) atoms. The number of methoxy groups -OCH3 is 1. The standard InChI is InChI=1S/C26H26FN3O2/c1-15(25-29-23-9-7-18(26(31)32-2)13-24(23)30-25)16-3-5-17(6-4-16)20-11-12-28-22-10-8-19(27)14-21(20)22/h7-17H,3-6H2,1-2H3,(H,29,30)/t15-,16-,17+/m1/s1. The average Bonchev–Trinajstić information content (AvgIpc) is 3.26. The molecule has 1 atom stereocenters. The van der Waals surface area contributed by atoms with Crippen LogP contribution in [0.4, 0.5) is 4.39 Å². The number of aromatic amines is 1. The summed E-state index contributed by atoms with van der Waals surface area (Å²) in [6.45, 7) is 2.22. The first-order valence-electron chi connectivity index (χ1n) is 11.2. The predicted molar refractivity (Wildman–Crippen MR) is 122 cm³/mol. The summed E-state index contributed by atoms with van der Waals surface area (Å²) in [7, 11) is 1.38. The van der Waals surface area contributed by atoms with Gasteiger partial charge in [0.2, 0.25) is 0 Å². The van der Waals surface area contributed by atoms with Crippen LogP contribution in [-0.4, -0.2) is 28.0 Å². The summed E-state index contributed by atoms with van der Waals surface area (Å²) in [5.74, 6) is 1.62. The number of hydrogen-bond acceptors (Lipinski definition) is 4. The van der Waals surface area contributed by atoms with Crippen molar-refractivity contribution in [2.75, 3.05) is 7.11 Å². The Morgan fingerprint density at radius 3 is 2.69 bits per heavy atom. The van der Waals surface area contributed by atoms with E-state index in [1.165, 1.54) is 18.7 Å². The lowest BCUT2D eigenvalue weighted by molar-refractivity contribution is 0.0601. The normalized spacial score (nSPS) is 19.8. The van der Waals surface area contributed by atoms with Gasteiger partial charge in [-0.2, -0.15) is 0 Å². The minimum atomic E-state index is -0.355. The number of rotatable bonds is 4. The van der Waals surface area contributed by atoms with Crippen LogP contribution in [0.3, 0.4) is 0 Å². The highest BCUT2D eigenvalue weighted by Gasteiger charge is 2.29. The number of fused-ring (bicyclic) bond motifs is 2. The van der Waals surface area contributed by atoms with E-state index in [-0.39, 0.29) is 17.7 Å². The second kappa shape index (κ2) is 8.34. The number of H-pyrrole nitrogens is 1. The Bertz CT molecular complexity index is 1290. The highest BCUT2D eigenvalue weighted by molar-refractivity contribution is 5.93. The predicted octanol–water partition coefficient (Wildman–Crippen LogP) is 6.11. The third kappa shape index (κ3) is 3.74. The molecule has 0 amide bonds. The van der Waals surface area contributed by atoms with Crippen molar-refractivity contribution >= 4 is 27.9 Å². The number of nitrogens with zero attached hydrogens (tertiary/aromatic N) is 2. The van der Waals surface area contributed by atoms with Gasteiger partial charge in [-0.05, 0) is 85.5 Å². The molecule has 2 aromatic heterocycles. The van der Waals surface area contributed by atoms with Crippen LogP contribution in [0.2, 0.25) is 0 Å². The zero-order valence-corrected chi connectivity index (χ0v) is 18.3. The Labute approximate surface area is 186 Å². The van der Waals surface area contributed by atoms with Gasteiger partial charge < -0.3 is 9.72 Å². The van der Waals surface area contributed by atoms with Crippen molar-refractivity contribution in [3.05, 3.63) is 71.4 Å². The molecule has 1 saturated carbocycles. The molecule has 0 unspecified atom stereocenters. The zero-order chi connectivity index (χ0) is 22.2. The van der Waals surface area contributed by atoms with E-state index in [2.05, 4.69) is 16.9 Å². The first kappa shape index (κ1) is 20.6. The SMILES string of the molecule is COC(=O)c1ccc2[nH]c([C@H](C)[C@H]3CC[C@@H](c4ccnc5ccc(F)cc54)CC3)nc2c1. The maximum absolute atomic E-state index is 13.9. The van der Waals surface area contributed by atoms with Crippen molar-refractivity contribution in [3.63, 3.8) is 0 Å². The van der Waals surface area contributed by atoms with Crippen molar-refractivity contribution in [1.82, 2.24) is 15.0 Å². The van der Waals surface area contributed by atoms with Gasteiger partial charge in [-0.25, -0.2) is 14.2 Å². The molecule has 0 saturated heterocycles. The van der Waals surface area contributed by atoms with Crippen LogP contribution in [0.15, 0.2) is 48.7 Å². The highest BCUT2D eigenvalue weighted by Crippen LogP contribution is 2.43. The monoisotopic (exact) mass is 431 g/mol. The quantitative estimate of drug-likeness (QED) is 0.396. The van der Waals surface area contributed by atoms with E-state index < -0.39 is 0 Å². The topological polar surface area (TPSA) is 67.9 Å². The molecule has 1 aliphatic rings. The molecule has 164 valence electrons. The molecule has 5 nitrogen and oxygen atoms in total. The first-order chi connectivity index (χ1) is 15.5. The van der Waals surface area contributed by atoms with Crippen LogP contribution in [0.1, 0.15) is 66.2 Å². The number of benzene rings is 2. The molecule has 5 rings (SSSR count). The number of imidazole rings is 1. The fourth-order valence-electron chi connectivity index (χ4n) is 5.14. The number of carbonyl (C=O) groups is 1. The van der Waals surface area contributed by atoms with Crippen LogP contribution < -0.4 is 0 Å². The Hall–Kier alpha value is -3.28. The van der Waals surface area contributed by atoms with Gasteiger partial charge in [0, 0.05) is 17.5 Å². The Balaban J connectivity index is 1.32. The van der Waals surface area contributed by atoms with Crippen LogP contribution in [0.25, 0.3) is 21.9 Å². The first-order valence-corrected chi connectivity index (χ1v) is 11.2. The molecular weight excluding hydrogens is 405 g/mol. The minimum absolute atomic E-state index is 0.214. The van der Waals surface area contributed by atoms with Gasteiger partial charge in [0.1, 0.15) is 11.6 Å². The number of nitrogens with one attached hydrogen (secondary N) is 1.